The van der Waals surface area contributed by atoms with Crippen LogP contribution in [0.2, 0.25) is 0 Å². The number of rotatable bonds is 6. The summed E-state index contributed by atoms with van der Waals surface area (Å²) in [5.74, 6) is 1.18. The van der Waals surface area contributed by atoms with Crippen LogP contribution in [-0.2, 0) is 6.54 Å². The molecule has 0 saturated carbocycles. The zero-order valence-electron chi connectivity index (χ0n) is 11.4. The first-order valence-corrected chi connectivity index (χ1v) is 6.50. The van der Waals surface area contributed by atoms with Crippen molar-refractivity contribution in [2.45, 2.75) is 13.5 Å². The Hall–Kier alpha value is -2.07. The number of benzene rings is 2. The average molecular weight is 275 g/mol. The minimum absolute atomic E-state index is 0.260. The summed E-state index contributed by atoms with van der Waals surface area (Å²) in [4.78, 5) is 0. The lowest BCUT2D eigenvalue weighted by Crippen LogP contribution is -2.10. The summed E-state index contributed by atoms with van der Waals surface area (Å²) in [5.41, 5.74) is 7.37. The van der Waals surface area contributed by atoms with Gasteiger partial charge in [0.25, 0.3) is 0 Å². The topological polar surface area (TPSA) is 44.5 Å². The van der Waals surface area contributed by atoms with E-state index in [1.807, 2.05) is 31.2 Å². The Balaban J connectivity index is 1.81. The van der Waals surface area contributed by atoms with Crippen LogP contribution in [0.25, 0.3) is 0 Å². The minimum Gasteiger partial charge on any atom is -0.490 e. The van der Waals surface area contributed by atoms with Gasteiger partial charge < -0.3 is 15.2 Å². The third-order valence-corrected chi connectivity index (χ3v) is 2.88. The number of hydrogen-bond donors (Lipinski definition) is 1. The zero-order chi connectivity index (χ0) is 14.4. The van der Waals surface area contributed by atoms with Crippen molar-refractivity contribution < 1.29 is 13.9 Å². The molecule has 0 fully saturated rings. The van der Waals surface area contributed by atoms with Gasteiger partial charge in [-0.2, -0.15) is 0 Å². The molecule has 2 aromatic carbocycles. The molecule has 4 heteroatoms. The maximum atomic E-state index is 12.9. The highest BCUT2D eigenvalue weighted by atomic mass is 19.1. The van der Waals surface area contributed by atoms with Crippen LogP contribution in [0.5, 0.6) is 11.5 Å². The Morgan fingerprint density at radius 2 is 1.85 bits per heavy atom. The quantitative estimate of drug-likeness (QED) is 0.824. The van der Waals surface area contributed by atoms with Gasteiger partial charge in [-0.05, 0) is 48.4 Å². The number of hydrogen-bond acceptors (Lipinski definition) is 3. The van der Waals surface area contributed by atoms with Crippen LogP contribution in [-0.4, -0.2) is 13.2 Å². The monoisotopic (exact) mass is 275 g/mol. The second-order valence-corrected chi connectivity index (χ2v) is 4.46. The highest BCUT2D eigenvalue weighted by Gasteiger charge is 2.01. The standard InChI is InChI=1S/C16H18FNO2/c1-12-9-14(17)5-6-16(12)20-8-7-19-15-4-2-3-13(10-15)11-18/h2-6,9-10H,7-8,11,18H2,1H3. The zero-order valence-corrected chi connectivity index (χ0v) is 11.4. The van der Waals surface area contributed by atoms with Crippen LogP contribution in [0.15, 0.2) is 42.5 Å². The third-order valence-electron chi connectivity index (χ3n) is 2.88. The molecular weight excluding hydrogens is 257 g/mol. The Labute approximate surface area is 118 Å². The van der Waals surface area contributed by atoms with Gasteiger partial charge in [0.1, 0.15) is 30.5 Å². The van der Waals surface area contributed by atoms with Crippen LogP contribution < -0.4 is 15.2 Å². The summed E-state index contributed by atoms with van der Waals surface area (Å²) in [6.07, 6.45) is 0. The first kappa shape index (κ1) is 14.3. The smallest absolute Gasteiger partial charge is 0.123 e. The van der Waals surface area contributed by atoms with E-state index in [9.17, 15) is 4.39 Å². The van der Waals surface area contributed by atoms with Crippen molar-refractivity contribution in [2.75, 3.05) is 13.2 Å². The predicted octanol–water partition coefficient (Wildman–Crippen LogP) is 3.05. The third kappa shape index (κ3) is 3.96. The van der Waals surface area contributed by atoms with Crippen molar-refractivity contribution in [3.05, 3.63) is 59.4 Å². The first-order valence-electron chi connectivity index (χ1n) is 6.50. The summed E-state index contributed by atoms with van der Waals surface area (Å²) >= 11 is 0. The van der Waals surface area contributed by atoms with Crippen molar-refractivity contribution in [3.63, 3.8) is 0 Å². The van der Waals surface area contributed by atoms with Gasteiger partial charge in [-0.3, -0.25) is 0 Å². The van der Waals surface area contributed by atoms with Crippen LogP contribution in [0.1, 0.15) is 11.1 Å². The minimum atomic E-state index is -0.260. The molecule has 0 aliphatic carbocycles. The van der Waals surface area contributed by atoms with Gasteiger partial charge in [-0.1, -0.05) is 12.1 Å². The molecule has 0 atom stereocenters. The molecule has 0 aromatic heterocycles. The predicted molar refractivity (Wildman–Crippen MR) is 76.5 cm³/mol. The first-order chi connectivity index (χ1) is 9.69. The second-order valence-electron chi connectivity index (χ2n) is 4.46. The Morgan fingerprint density at radius 3 is 2.60 bits per heavy atom. The van der Waals surface area contributed by atoms with Crippen LogP contribution in [0.4, 0.5) is 4.39 Å². The van der Waals surface area contributed by atoms with E-state index >= 15 is 0 Å². The number of aryl methyl sites for hydroxylation is 1. The maximum Gasteiger partial charge on any atom is 0.123 e. The normalized spacial score (nSPS) is 10.3. The molecule has 0 unspecified atom stereocenters. The average Bonchev–Trinajstić information content (AvgIpc) is 2.45. The molecule has 0 bridgehead atoms. The van der Waals surface area contributed by atoms with Gasteiger partial charge >= 0.3 is 0 Å². The molecule has 0 spiro atoms. The Bertz CT molecular complexity index is 572. The number of ether oxygens (including phenoxy) is 2. The lowest BCUT2D eigenvalue weighted by molar-refractivity contribution is 0.216. The van der Waals surface area contributed by atoms with Gasteiger partial charge in [-0.15, -0.1) is 0 Å². The summed E-state index contributed by atoms with van der Waals surface area (Å²) in [5, 5.41) is 0. The van der Waals surface area contributed by atoms with Crippen molar-refractivity contribution in [1.82, 2.24) is 0 Å². The lowest BCUT2D eigenvalue weighted by Gasteiger charge is -2.10. The van der Waals surface area contributed by atoms with E-state index in [0.29, 0.717) is 25.5 Å². The molecule has 3 nitrogen and oxygen atoms in total. The molecule has 2 rings (SSSR count). The van der Waals surface area contributed by atoms with Gasteiger partial charge in [0, 0.05) is 6.54 Å². The lowest BCUT2D eigenvalue weighted by atomic mass is 10.2. The van der Waals surface area contributed by atoms with E-state index < -0.39 is 0 Å². The molecule has 2 N–H and O–H groups in total. The Kier molecular flexibility index (Phi) is 4.96. The molecule has 0 heterocycles. The van der Waals surface area contributed by atoms with Gasteiger partial charge in [0.2, 0.25) is 0 Å². The van der Waals surface area contributed by atoms with Crippen molar-refractivity contribution in [1.29, 1.82) is 0 Å². The maximum absolute atomic E-state index is 12.9. The van der Waals surface area contributed by atoms with E-state index in [4.69, 9.17) is 15.2 Å². The molecule has 0 saturated heterocycles. The molecule has 0 radical (unpaired) electrons. The molecule has 0 amide bonds. The number of nitrogens with two attached hydrogens (primary N) is 1. The van der Waals surface area contributed by atoms with Crippen molar-refractivity contribution in [2.24, 2.45) is 5.73 Å². The van der Waals surface area contributed by atoms with Gasteiger partial charge in [-0.25, -0.2) is 4.39 Å². The fourth-order valence-electron chi connectivity index (χ4n) is 1.85. The highest BCUT2D eigenvalue weighted by Crippen LogP contribution is 2.18. The number of halogens is 1. The van der Waals surface area contributed by atoms with Gasteiger partial charge in [0.05, 0.1) is 0 Å². The molecule has 20 heavy (non-hydrogen) atoms. The summed E-state index contributed by atoms with van der Waals surface area (Å²) in [7, 11) is 0. The highest BCUT2D eigenvalue weighted by molar-refractivity contribution is 5.32. The summed E-state index contributed by atoms with van der Waals surface area (Å²) < 4.78 is 24.1. The van der Waals surface area contributed by atoms with E-state index in [1.54, 1.807) is 6.07 Å². The molecular formula is C16H18FNO2. The second kappa shape index (κ2) is 6.91. The molecule has 2 aromatic rings. The van der Waals surface area contributed by atoms with Crippen LogP contribution >= 0.6 is 0 Å². The summed E-state index contributed by atoms with van der Waals surface area (Å²) in [6, 6.07) is 12.1. The molecule has 0 aliphatic heterocycles. The van der Waals surface area contributed by atoms with E-state index in [2.05, 4.69) is 0 Å². The van der Waals surface area contributed by atoms with Crippen LogP contribution in [0, 0.1) is 12.7 Å². The van der Waals surface area contributed by atoms with E-state index in [-0.39, 0.29) is 5.82 Å². The fraction of sp³-hybridized carbons (Fsp3) is 0.250. The van der Waals surface area contributed by atoms with E-state index in [0.717, 1.165) is 16.9 Å². The van der Waals surface area contributed by atoms with Crippen molar-refractivity contribution >= 4 is 0 Å². The summed E-state index contributed by atoms with van der Waals surface area (Å²) in [6.45, 7) is 3.12. The molecule has 0 aliphatic rings. The fourth-order valence-corrected chi connectivity index (χ4v) is 1.85. The van der Waals surface area contributed by atoms with Gasteiger partial charge in [0.15, 0.2) is 0 Å². The largest absolute Gasteiger partial charge is 0.490 e. The van der Waals surface area contributed by atoms with Crippen LogP contribution in [0.3, 0.4) is 0 Å². The SMILES string of the molecule is Cc1cc(F)ccc1OCCOc1cccc(CN)c1. The van der Waals surface area contributed by atoms with E-state index in [1.165, 1.54) is 12.1 Å². The van der Waals surface area contributed by atoms with Crippen molar-refractivity contribution in [3.8, 4) is 11.5 Å². The Morgan fingerprint density at radius 1 is 1.05 bits per heavy atom. The molecule has 106 valence electrons.